The zero-order valence-electron chi connectivity index (χ0n) is 40.9. The van der Waals surface area contributed by atoms with Gasteiger partial charge in [0.1, 0.15) is 12.6 Å². The van der Waals surface area contributed by atoms with Crippen LogP contribution in [0.4, 0.5) is 0 Å². The van der Waals surface area contributed by atoms with Gasteiger partial charge in [0, 0.05) is 19.3 Å². The van der Waals surface area contributed by atoms with Crippen LogP contribution in [0.2, 0.25) is 0 Å². The van der Waals surface area contributed by atoms with Gasteiger partial charge in [0.25, 0.3) is 0 Å². The molecule has 0 bridgehead atoms. The van der Waals surface area contributed by atoms with Gasteiger partial charge in [-0.05, 0) is 89.9 Å². The summed E-state index contributed by atoms with van der Waals surface area (Å²) in [6, 6.07) is -0.745. The summed E-state index contributed by atoms with van der Waals surface area (Å²) in [6.07, 6.45) is 63.6. The Labute approximate surface area is 391 Å². The van der Waals surface area contributed by atoms with E-state index in [0.29, 0.717) is 6.42 Å². The van der Waals surface area contributed by atoms with E-state index in [4.69, 9.17) is 14.2 Å². The average Bonchev–Trinajstić information content (AvgIpc) is 3.26. The number of unbranched alkanes of at least 4 members (excludes halogenated alkanes) is 11. The number of carboxylic acid groups (broad SMARTS) is 1. The van der Waals surface area contributed by atoms with Crippen molar-refractivity contribution in [3.8, 4) is 0 Å². The molecule has 0 N–H and O–H groups in total. The highest BCUT2D eigenvalue weighted by atomic mass is 16.6. The Morgan fingerprint density at radius 3 is 1.45 bits per heavy atom. The molecular weight excluding hydrogens is 799 g/mol. The van der Waals surface area contributed by atoms with E-state index in [9.17, 15) is 19.5 Å². The fraction of sp³-hybridized carbons (Fsp3) is 0.589. The zero-order chi connectivity index (χ0) is 47.0. The second-order valence-corrected chi connectivity index (χ2v) is 17.1. The molecule has 0 heterocycles. The number of quaternary nitrogens is 1. The van der Waals surface area contributed by atoms with Crippen LogP contribution in [0.5, 0.6) is 0 Å². The number of hydrogen-bond acceptors (Lipinski definition) is 7. The van der Waals surface area contributed by atoms with Crippen LogP contribution in [0.1, 0.15) is 162 Å². The molecule has 2 atom stereocenters. The summed E-state index contributed by atoms with van der Waals surface area (Å²) in [5.41, 5.74) is 0. The van der Waals surface area contributed by atoms with Crippen LogP contribution in [0.25, 0.3) is 0 Å². The molecule has 0 spiro atoms. The minimum atomic E-state index is -1.14. The lowest BCUT2D eigenvalue weighted by Gasteiger charge is -2.34. The van der Waals surface area contributed by atoms with Gasteiger partial charge in [-0.15, -0.1) is 0 Å². The minimum absolute atomic E-state index is 0.0110. The van der Waals surface area contributed by atoms with Crippen LogP contribution in [-0.2, 0) is 28.6 Å². The van der Waals surface area contributed by atoms with Gasteiger partial charge < -0.3 is 28.6 Å². The van der Waals surface area contributed by atoms with Crippen molar-refractivity contribution in [3.63, 3.8) is 0 Å². The Morgan fingerprint density at radius 2 is 0.938 bits per heavy atom. The lowest BCUT2D eigenvalue weighted by atomic mass is 10.1. The van der Waals surface area contributed by atoms with Gasteiger partial charge in [-0.25, -0.2) is 0 Å². The van der Waals surface area contributed by atoms with Gasteiger partial charge in [0.15, 0.2) is 6.10 Å². The van der Waals surface area contributed by atoms with Gasteiger partial charge >= 0.3 is 11.9 Å². The van der Waals surface area contributed by atoms with Gasteiger partial charge in [-0.1, -0.05) is 174 Å². The third-order valence-electron chi connectivity index (χ3n) is 10.2. The first-order chi connectivity index (χ1) is 31.1. The van der Waals surface area contributed by atoms with Crippen molar-refractivity contribution in [2.24, 2.45) is 0 Å². The molecule has 0 aromatic carbocycles. The summed E-state index contributed by atoms with van der Waals surface area (Å²) in [5, 5.41) is 11.7. The monoisotopic (exact) mass is 888 g/mol. The maximum atomic E-state index is 12.8. The van der Waals surface area contributed by atoms with E-state index in [1.807, 2.05) is 12.2 Å². The first kappa shape index (κ1) is 59.7. The van der Waals surface area contributed by atoms with E-state index < -0.39 is 18.1 Å². The van der Waals surface area contributed by atoms with E-state index in [1.165, 1.54) is 19.3 Å². The summed E-state index contributed by atoms with van der Waals surface area (Å²) >= 11 is 0. The van der Waals surface area contributed by atoms with Gasteiger partial charge in [-0.2, -0.15) is 0 Å². The van der Waals surface area contributed by atoms with Gasteiger partial charge in [0.05, 0.1) is 40.3 Å². The fourth-order valence-electron chi connectivity index (χ4n) is 6.38. The molecule has 0 radical (unpaired) electrons. The number of aliphatic carboxylic acids is 1. The van der Waals surface area contributed by atoms with Crippen LogP contribution in [0, 0.1) is 0 Å². The highest BCUT2D eigenvalue weighted by Crippen LogP contribution is 2.12. The highest BCUT2D eigenvalue weighted by molar-refractivity contribution is 5.70. The Bertz CT molecular complexity index is 1450. The molecule has 0 aliphatic rings. The second-order valence-electron chi connectivity index (χ2n) is 17.1. The molecule has 0 saturated carbocycles. The van der Waals surface area contributed by atoms with Gasteiger partial charge in [0.2, 0.25) is 0 Å². The number of allylic oxidation sites excluding steroid dienone is 20. The molecule has 0 aromatic rings. The molecule has 2 unspecified atom stereocenters. The first-order valence-corrected chi connectivity index (χ1v) is 24.6. The summed E-state index contributed by atoms with van der Waals surface area (Å²) in [4.78, 5) is 37.0. The SMILES string of the molecule is CC/C=C/C/C=C/C/C=C/C/C=C/C/C=C/C/C=C/CCCCCC(=O)OCC(COCCC(C(=O)[O-])[N+](C)(C)C)OC(=O)CCCCCCC/C=C/C=C/C=C/C=C/CCCCC. The molecule has 0 rings (SSSR count). The average molecular weight is 888 g/mol. The third kappa shape index (κ3) is 43.0. The van der Waals surface area contributed by atoms with Crippen molar-refractivity contribution >= 4 is 17.9 Å². The Kier molecular flexibility index (Phi) is 42.3. The van der Waals surface area contributed by atoms with Crippen molar-refractivity contribution in [3.05, 3.63) is 122 Å². The van der Waals surface area contributed by atoms with Crippen molar-refractivity contribution in [2.45, 2.75) is 174 Å². The number of esters is 2. The Hall–Kier alpha value is -4.27. The van der Waals surface area contributed by atoms with Crippen LogP contribution < -0.4 is 5.11 Å². The number of carbonyl (C=O) groups is 3. The topological polar surface area (TPSA) is 102 Å². The smallest absolute Gasteiger partial charge is 0.306 e. The second kappa shape index (κ2) is 45.3. The van der Waals surface area contributed by atoms with Crippen LogP contribution in [-0.4, -0.2) is 75.5 Å². The molecular formula is C56H89NO7. The lowest BCUT2D eigenvalue weighted by molar-refractivity contribution is -0.889. The Morgan fingerprint density at radius 1 is 0.500 bits per heavy atom. The maximum Gasteiger partial charge on any atom is 0.306 e. The van der Waals surface area contributed by atoms with Crippen molar-refractivity contribution in [1.82, 2.24) is 0 Å². The predicted octanol–water partition coefficient (Wildman–Crippen LogP) is 12.9. The van der Waals surface area contributed by atoms with E-state index in [-0.39, 0.29) is 49.1 Å². The highest BCUT2D eigenvalue weighted by Gasteiger charge is 2.25. The molecule has 8 heteroatoms. The van der Waals surface area contributed by atoms with Crippen LogP contribution in [0.3, 0.4) is 0 Å². The number of ether oxygens (including phenoxy) is 3. The van der Waals surface area contributed by atoms with Crippen molar-refractivity contribution in [2.75, 3.05) is 41.0 Å². The number of hydrogen-bond donors (Lipinski definition) is 0. The molecule has 0 aliphatic carbocycles. The molecule has 0 amide bonds. The predicted molar refractivity (Wildman–Crippen MR) is 267 cm³/mol. The molecule has 8 nitrogen and oxygen atoms in total. The number of likely N-dealkylation sites (N-methyl/N-ethyl adjacent to an activating group) is 1. The molecule has 0 fully saturated rings. The standard InChI is InChI=1S/C56H89NO7/c1-6-8-10-12-14-16-18-20-22-24-26-27-28-29-31-32-34-36-38-40-42-44-46-54(58)63-51-52(50-62-49-48-53(56(60)61)57(3,4)5)64-55(59)47-45-43-41-39-37-35-33-30-25-23-21-19-17-15-13-11-9-7-2/h8,10,14-17,19-23,25-27,29-31,33-34,36,52-53H,6-7,9,11-13,18,24,28,32,35,37-51H2,1-5H3/b10-8+,16-14+,17-15+,21-19+,22-20+,25-23+,27-26+,31-29+,33-30+,36-34+. The molecule has 0 saturated heterocycles. The molecule has 360 valence electrons. The largest absolute Gasteiger partial charge is 0.544 e. The van der Waals surface area contributed by atoms with E-state index in [2.05, 4.69) is 123 Å². The first-order valence-electron chi connectivity index (χ1n) is 24.6. The van der Waals surface area contributed by atoms with Crippen LogP contribution >= 0.6 is 0 Å². The zero-order valence-corrected chi connectivity index (χ0v) is 40.9. The summed E-state index contributed by atoms with van der Waals surface area (Å²) in [7, 11) is 5.38. The summed E-state index contributed by atoms with van der Waals surface area (Å²) in [6.45, 7) is 4.43. The molecule has 64 heavy (non-hydrogen) atoms. The molecule has 0 aromatic heterocycles. The molecule has 0 aliphatic heterocycles. The lowest BCUT2D eigenvalue weighted by Crippen LogP contribution is -2.55. The van der Waals surface area contributed by atoms with Crippen molar-refractivity contribution in [1.29, 1.82) is 0 Å². The quantitative estimate of drug-likeness (QED) is 0.0198. The minimum Gasteiger partial charge on any atom is -0.544 e. The van der Waals surface area contributed by atoms with E-state index in [0.717, 1.165) is 109 Å². The normalized spacial score (nSPS) is 14.0. The fourth-order valence-corrected chi connectivity index (χ4v) is 6.38. The van der Waals surface area contributed by atoms with Crippen LogP contribution in [0.15, 0.2) is 122 Å². The van der Waals surface area contributed by atoms with E-state index >= 15 is 0 Å². The Balaban J connectivity index is 4.43. The number of carbonyl (C=O) groups excluding carboxylic acids is 3. The number of carboxylic acids is 1. The van der Waals surface area contributed by atoms with E-state index in [1.54, 1.807) is 21.1 Å². The number of nitrogens with zero attached hydrogens (tertiary/aromatic N) is 1. The summed E-state index contributed by atoms with van der Waals surface area (Å²) in [5.74, 6) is -1.83. The van der Waals surface area contributed by atoms with Crippen molar-refractivity contribution < 1.29 is 38.2 Å². The third-order valence-corrected chi connectivity index (χ3v) is 10.2. The van der Waals surface area contributed by atoms with Gasteiger partial charge in [-0.3, -0.25) is 9.59 Å². The summed E-state index contributed by atoms with van der Waals surface area (Å²) < 4.78 is 17.2. The number of rotatable bonds is 42. The maximum absolute atomic E-state index is 12.8.